The van der Waals surface area contributed by atoms with Crippen LogP contribution in [0.15, 0.2) is 65.1 Å². The van der Waals surface area contributed by atoms with E-state index >= 15 is 0 Å². The van der Waals surface area contributed by atoms with Gasteiger partial charge in [-0.05, 0) is 63.3 Å². The lowest BCUT2D eigenvalue weighted by Crippen LogP contribution is -2.50. The Morgan fingerprint density at radius 1 is 1.06 bits per heavy atom. The van der Waals surface area contributed by atoms with Gasteiger partial charge in [-0.2, -0.15) is 0 Å². The third-order valence-electron chi connectivity index (χ3n) is 9.70. The number of nitrogens with one attached hydrogen (secondary N) is 1. The van der Waals surface area contributed by atoms with Crippen molar-refractivity contribution in [2.75, 3.05) is 27.7 Å². The number of hydrogen-bond donors (Lipinski definition) is 1. The first-order chi connectivity index (χ1) is 24.0. The highest BCUT2D eigenvalue weighted by molar-refractivity contribution is 7.89. The zero-order valence-corrected chi connectivity index (χ0v) is 32.0. The van der Waals surface area contributed by atoms with Gasteiger partial charge < -0.3 is 29.2 Å². The maximum Gasteiger partial charge on any atom is 0.303 e. The lowest BCUT2D eigenvalue weighted by atomic mass is 9.88. The highest BCUT2D eigenvalue weighted by atomic mass is 32.2. The number of epoxide rings is 1. The van der Waals surface area contributed by atoms with Gasteiger partial charge in [-0.3, -0.25) is 14.4 Å². The van der Waals surface area contributed by atoms with Crippen molar-refractivity contribution in [1.82, 2.24) is 14.5 Å². The average Bonchev–Trinajstić information content (AvgIpc) is 3.80. The van der Waals surface area contributed by atoms with Crippen molar-refractivity contribution in [1.29, 1.82) is 0 Å². The molecule has 51 heavy (non-hydrogen) atoms. The summed E-state index contributed by atoms with van der Waals surface area (Å²) in [5, 5.41) is 3.02. The zero-order valence-electron chi connectivity index (χ0n) is 31.2. The highest BCUT2D eigenvalue weighted by Crippen LogP contribution is 2.43. The molecule has 13 heteroatoms. The second kappa shape index (κ2) is 17.4. The van der Waals surface area contributed by atoms with E-state index in [2.05, 4.69) is 24.4 Å². The second-order valence-corrected chi connectivity index (χ2v) is 16.6. The number of carbonyl (C=O) groups excluding carboxylic acids is 3. The molecule has 0 aromatic heterocycles. The monoisotopic (exact) mass is 729 g/mol. The summed E-state index contributed by atoms with van der Waals surface area (Å²) < 4.78 is 49.5. The van der Waals surface area contributed by atoms with Crippen LogP contribution in [0.4, 0.5) is 0 Å². The topological polar surface area (TPSA) is 144 Å². The van der Waals surface area contributed by atoms with Gasteiger partial charge in [0.15, 0.2) is 0 Å². The van der Waals surface area contributed by atoms with Crippen LogP contribution >= 0.6 is 0 Å². The van der Waals surface area contributed by atoms with Gasteiger partial charge in [0.05, 0.1) is 54.0 Å². The SMILES string of the molecule is CC(=O)O[C@@H](C)C=CC(=O)N[C@@H]1C[C@H](C)[C@H](CC=C(C)C=C[C@@H]2C[C@]3(CO3)C[C@@H](CC(=O)N(C)Cc3ccc(S(=O)(=O)N(C)C)cc3)O2)O[C@@H]1C. The molecule has 0 saturated carbocycles. The minimum atomic E-state index is -3.52. The van der Waals surface area contributed by atoms with E-state index in [1.807, 2.05) is 19.9 Å². The minimum Gasteiger partial charge on any atom is -0.459 e. The number of carbonyl (C=O) groups is 3. The van der Waals surface area contributed by atoms with Crippen LogP contribution in [0.25, 0.3) is 0 Å². The van der Waals surface area contributed by atoms with Crippen molar-refractivity contribution >= 4 is 27.8 Å². The van der Waals surface area contributed by atoms with Gasteiger partial charge in [-0.25, -0.2) is 12.7 Å². The molecule has 0 unspecified atom stereocenters. The molecule has 282 valence electrons. The molecule has 2 amide bonds. The lowest BCUT2D eigenvalue weighted by Gasteiger charge is -2.39. The standard InChI is InChI=1S/C38H55N3O9S/c1-25(10-17-35-26(2)19-34(28(4)49-35)39-36(43)18-11-27(3)48-29(5)42)9-14-31-21-38(24-47-38)22-32(50-31)20-37(44)41(8)23-30-12-15-33(16-13-30)51(45,46)40(6)7/h9-16,18,26-28,31-32,34-35H,17,19-24H2,1-8H3,(H,39,43)/t26-,27-,28+,31+,32+,34+,35-,38+/m0/s1. The summed E-state index contributed by atoms with van der Waals surface area (Å²) in [6.07, 6.45) is 11.3. The van der Waals surface area contributed by atoms with Crippen LogP contribution in [0.2, 0.25) is 0 Å². The van der Waals surface area contributed by atoms with Crippen molar-refractivity contribution in [2.45, 2.75) is 120 Å². The molecule has 3 fully saturated rings. The Labute approximate surface area is 303 Å². The quantitative estimate of drug-likeness (QED) is 0.128. The number of allylic oxidation sites excluding steroid dienone is 2. The number of rotatable bonds is 14. The molecule has 0 radical (unpaired) electrons. The van der Waals surface area contributed by atoms with Gasteiger partial charge in [-0.1, -0.05) is 42.9 Å². The summed E-state index contributed by atoms with van der Waals surface area (Å²) in [4.78, 5) is 38.6. The summed E-state index contributed by atoms with van der Waals surface area (Å²) >= 11 is 0. The largest absolute Gasteiger partial charge is 0.459 e. The highest BCUT2D eigenvalue weighted by Gasteiger charge is 2.51. The normalized spacial score (nSPS) is 29.0. The van der Waals surface area contributed by atoms with E-state index < -0.39 is 22.1 Å². The zero-order chi connectivity index (χ0) is 37.5. The summed E-state index contributed by atoms with van der Waals surface area (Å²) in [6, 6.07) is 6.47. The van der Waals surface area contributed by atoms with E-state index in [0.717, 1.165) is 30.4 Å². The van der Waals surface area contributed by atoms with E-state index in [0.29, 0.717) is 19.6 Å². The molecule has 3 aliphatic heterocycles. The van der Waals surface area contributed by atoms with E-state index in [1.54, 1.807) is 49.2 Å². The van der Waals surface area contributed by atoms with Crippen LogP contribution in [0, 0.1) is 5.92 Å². The number of amides is 2. The smallest absolute Gasteiger partial charge is 0.303 e. The first-order valence-corrected chi connectivity index (χ1v) is 19.1. The predicted octanol–water partition coefficient (Wildman–Crippen LogP) is 4.30. The van der Waals surface area contributed by atoms with Crippen LogP contribution in [0.1, 0.15) is 72.3 Å². The van der Waals surface area contributed by atoms with E-state index in [1.165, 1.54) is 31.4 Å². The number of esters is 1. The summed E-state index contributed by atoms with van der Waals surface area (Å²) in [6.45, 7) is 10.2. The van der Waals surface area contributed by atoms with Crippen molar-refractivity contribution in [3.05, 3.63) is 65.8 Å². The minimum absolute atomic E-state index is 0.0153. The number of benzene rings is 1. The predicted molar refractivity (Wildman–Crippen MR) is 193 cm³/mol. The summed E-state index contributed by atoms with van der Waals surface area (Å²) in [5.41, 5.74) is 1.67. The Hall–Kier alpha value is -3.36. The van der Waals surface area contributed by atoms with Crippen LogP contribution < -0.4 is 5.32 Å². The summed E-state index contributed by atoms with van der Waals surface area (Å²) in [7, 11) is 1.21. The molecule has 12 nitrogen and oxygen atoms in total. The van der Waals surface area contributed by atoms with Crippen LogP contribution in [-0.2, 0) is 49.9 Å². The van der Waals surface area contributed by atoms with Gasteiger partial charge in [0, 0.05) is 53.5 Å². The summed E-state index contributed by atoms with van der Waals surface area (Å²) in [5.74, 6) is -0.464. The average molecular weight is 730 g/mol. The molecular formula is C38H55N3O9S. The molecule has 3 aliphatic rings. The molecule has 3 heterocycles. The van der Waals surface area contributed by atoms with E-state index in [9.17, 15) is 22.8 Å². The van der Waals surface area contributed by atoms with Crippen molar-refractivity contribution in [2.24, 2.45) is 5.92 Å². The van der Waals surface area contributed by atoms with Crippen molar-refractivity contribution in [3.8, 4) is 0 Å². The maximum atomic E-state index is 13.2. The van der Waals surface area contributed by atoms with Gasteiger partial charge >= 0.3 is 5.97 Å². The molecule has 0 bridgehead atoms. The van der Waals surface area contributed by atoms with Gasteiger partial charge in [-0.15, -0.1) is 0 Å². The fourth-order valence-electron chi connectivity index (χ4n) is 6.57. The lowest BCUT2D eigenvalue weighted by molar-refractivity contribution is -0.143. The van der Waals surface area contributed by atoms with Gasteiger partial charge in [0.1, 0.15) is 6.10 Å². The fraction of sp³-hybridized carbons (Fsp3) is 0.605. The fourth-order valence-corrected chi connectivity index (χ4v) is 7.47. The van der Waals surface area contributed by atoms with Crippen molar-refractivity contribution < 1.29 is 41.7 Å². The first-order valence-electron chi connectivity index (χ1n) is 17.7. The number of nitrogens with zero attached hydrogens (tertiary/aromatic N) is 2. The molecule has 8 atom stereocenters. The van der Waals surface area contributed by atoms with Crippen LogP contribution in [0.3, 0.4) is 0 Å². The molecule has 4 rings (SSSR count). The van der Waals surface area contributed by atoms with Gasteiger partial charge in [0.2, 0.25) is 21.8 Å². The number of hydrogen-bond acceptors (Lipinski definition) is 9. The number of sulfonamides is 1. The first kappa shape index (κ1) is 40.4. The maximum absolute atomic E-state index is 13.2. The van der Waals surface area contributed by atoms with Crippen LogP contribution in [-0.4, -0.2) is 105 Å². The third kappa shape index (κ3) is 11.8. The third-order valence-corrected chi connectivity index (χ3v) is 11.5. The van der Waals surface area contributed by atoms with Crippen LogP contribution in [0.5, 0.6) is 0 Å². The van der Waals surface area contributed by atoms with E-state index in [4.69, 9.17) is 18.9 Å². The van der Waals surface area contributed by atoms with Crippen molar-refractivity contribution in [3.63, 3.8) is 0 Å². The Kier molecular flexibility index (Phi) is 13.8. The Morgan fingerprint density at radius 3 is 2.37 bits per heavy atom. The Balaban J connectivity index is 1.25. The van der Waals surface area contributed by atoms with Gasteiger partial charge in [0.25, 0.3) is 0 Å². The molecule has 1 N–H and O–H groups in total. The van der Waals surface area contributed by atoms with E-state index in [-0.39, 0.29) is 65.1 Å². The molecule has 1 aromatic carbocycles. The number of ether oxygens (including phenoxy) is 4. The molecular weight excluding hydrogens is 674 g/mol. The second-order valence-electron chi connectivity index (χ2n) is 14.5. The molecule has 1 spiro atoms. The molecule has 1 aromatic rings. The Bertz CT molecular complexity index is 1580. The molecule has 3 saturated heterocycles. The molecule has 0 aliphatic carbocycles. The Morgan fingerprint density at radius 2 is 1.75 bits per heavy atom.